The minimum Gasteiger partial charge on any atom is -0.346 e. The molecule has 31 heavy (non-hydrogen) atoms. The van der Waals surface area contributed by atoms with E-state index in [0.29, 0.717) is 10.6 Å². The van der Waals surface area contributed by atoms with Gasteiger partial charge in [-0.2, -0.15) is 0 Å². The minimum atomic E-state index is -0.969. The summed E-state index contributed by atoms with van der Waals surface area (Å²) in [5.74, 6) is -0.749. The summed E-state index contributed by atoms with van der Waals surface area (Å²) in [4.78, 5) is 27.8. The van der Waals surface area contributed by atoms with Gasteiger partial charge in [-0.25, -0.2) is 0 Å². The van der Waals surface area contributed by atoms with Gasteiger partial charge in [-0.15, -0.1) is 0 Å². The van der Waals surface area contributed by atoms with Crippen LogP contribution < -0.4 is 4.90 Å². The smallest absolute Gasteiger partial charge is 0.245 e. The number of anilines is 1. The second-order valence-corrected chi connectivity index (χ2v) is 8.28. The van der Waals surface area contributed by atoms with Gasteiger partial charge in [-0.1, -0.05) is 84.4 Å². The minimum absolute atomic E-state index is 0.125. The van der Waals surface area contributed by atoms with Crippen LogP contribution in [-0.2, 0) is 0 Å². The molecule has 2 heterocycles. The summed E-state index contributed by atoms with van der Waals surface area (Å²) in [6.45, 7) is 0. The number of Topliss-reactive ketones (excluding diaryl/α,β-unsaturated/α-hetero) is 1. The van der Waals surface area contributed by atoms with E-state index in [1.807, 2.05) is 59.5 Å². The molecule has 0 aromatic heterocycles. The summed E-state index contributed by atoms with van der Waals surface area (Å²) in [5, 5.41) is 12.9. The Labute approximate surface area is 184 Å². The van der Waals surface area contributed by atoms with E-state index >= 15 is 0 Å². The summed E-state index contributed by atoms with van der Waals surface area (Å²) in [7, 11) is 0. The third-order valence-corrected chi connectivity index (χ3v) is 6.44. The number of halogens is 1. The Balaban J connectivity index is 1.72. The van der Waals surface area contributed by atoms with Crippen molar-refractivity contribution in [3.63, 3.8) is 0 Å². The Hall–Kier alpha value is -3.44. The molecule has 0 radical (unpaired) electrons. The molecule has 0 aliphatic carbocycles. The van der Waals surface area contributed by atoms with E-state index in [2.05, 4.69) is 0 Å². The van der Waals surface area contributed by atoms with Crippen molar-refractivity contribution in [2.45, 2.75) is 24.0 Å². The molecule has 4 atom stereocenters. The van der Waals surface area contributed by atoms with E-state index in [1.54, 1.807) is 36.4 Å². The van der Waals surface area contributed by atoms with Crippen molar-refractivity contribution in [2.75, 3.05) is 4.90 Å². The molecule has 1 fully saturated rings. The number of fused-ring (bicyclic) bond motifs is 3. The molecule has 0 spiro atoms. The molecule has 154 valence electrons. The fourth-order valence-electron chi connectivity index (χ4n) is 4.89. The molecule has 5 rings (SSSR count). The quantitative estimate of drug-likeness (QED) is 0.323. The fourth-order valence-corrected chi connectivity index (χ4v) is 5.01. The van der Waals surface area contributed by atoms with Gasteiger partial charge in [-0.3, -0.25) is 14.9 Å². The first-order valence-corrected chi connectivity index (χ1v) is 10.5. The van der Waals surface area contributed by atoms with Crippen LogP contribution in [0.25, 0.3) is 6.08 Å². The van der Waals surface area contributed by atoms with Crippen molar-refractivity contribution < 1.29 is 9.72 Å². The Morgan fingerprint density at radius 1 is 0.935 bits per heavy atom. The van der Waals surface area contributed by atoms with Crippen LogP contribution in [0.5, 0.6) is 0 Å². The van der Waals surface area contributed by atoms with Crippen molar-refractivity contribution in [3.05, 3.63) is 117 Å². The lowest BCUT2D eigenvalue weighted by molar-refractivity contribution is -0.524. The van der Waals surface area contributed by atoms with E-state index in [9.17, 15) is 14.9 Å². The van der Waals surface area contributed by atoms with Gasteiger partial charge in [0, 0.05) is 21.2 Å². The van der Waals surface area contributed by atoms with Gasteiger partial charge in [0.2, 0.25) is 6.04 Å². The standard InChI is InChI=1S/C25H19ClN2O3/c26-19-13-10-17(11-14-19)22-23(28(30)31)21-15-12-16-6-4-5-9-20(16)27(21)24(22)25(29)18-7-2-1-3-8-18/h1-15,21-24H/t21-,22+,23-,24-/m0/s1. The first kappa shape index (κ1) is 19.5. The van der Waals surface area contributed by atoms with Crippen LogP contribution in [0, 0.1) is 10.1 Å². The molecular weight excluding hydrogens is 412 g/mol. The summed E-state index contributed by atoms with van der Waals surface area (Å²) < 4.78 is 0. The van der Waals surface area contributed by atoms with E-state index < -0.39 is 24.0 Å². The summed E-state index contributed by atoms with van der Waals surface area (Å²) >= 11 is 6.08. The maximum absolute atomic E-state index is 13.8. The summed E-state index contributed by atoms with van der Waals surface area (Å²) in [6, 6.07) is 21.5. The van der Waals surface area contributed by atoms with Crippen molar-refractivity contribution in [2.24, 2.45) is 0 Å². The number of benzene rings is 3. The maximum atomic E-state index is 13.8. The van der Waals surface area contributed by atoms with Crippen LogP contribution in [0.4, 0.5) is 5.69 Å². The van der Waals surface area contributed by atoms with E-state index in [0.717, 1.165) is 16.8 Å². The Bertz CT molecular complexity index is 1180. The van der Waals surface area contributed by atoms with Crippen molar-refractivity contribution in [1.29, 1.82) is 0 Å². The molecule has 6 heteroatoms. The molecule has 0 bridgehead atoms. The highest BCUT2D eigenvalue weighted by Crippen LogP contribution is 2.47. The fraction of sp³-hybridized carbons (Fsp3) is 0.160. The average Bonchev–Trinajstić information content (AvgIpc) is 3.15. The number of hydrogen-bond acceptors (Lipinski definition) is 4. The summed E-state index contributed by atoms with van der Waals surface area (Å²) in [6.07, 6.45) is 3.78. The topological polar surface area (TPSA) is 63.4 Å². The summed E-state index contributed by atoms with van der Waals surface area (Å²) in [5.41, 5.74) is 3.07. The number of carbonyl (C=O) groups is 1. The average molecular weight is 431 g/mol. The Morgan fingerprint density at radius 3 is 2.32 bits per heavy atom. The zero-order valence-corrected chi connectivity index (χ0v) is 17.2. The van der Waals surface area contributed by atoms with Gasteiger partial charge in [0.15, 0.2) is 5.78 Å². The van der Waals surface area contributed by atoms with Crippen LogP contribution in [0.1, 0.15) is 27.4 Å². The molecule has 3 aromatic rings. The van der Waals surface area contributed by atoms with Crippen LogP contribution in [0.15, 0.2) is 84.9 Å². The third kappa shape index (κ3) is 3.22. The SMILES string of the molecule is O=C(c1ccccc1)[C@@H]1[C@H](c2ccc(Cl)cc2)[C@@H]([N+](=O)[O-])[C@@H]2C=Cc3ccccc3N12. The van der Waals surface area contributed by atoms with Crippen molar-refractivity contribution >= 4 is 29.1 Å². The predicted molar refractivity (Wildman–Crippen MR) is 121 cm³/mol. The van der Waals surface area contributed by atoms with Gasteiger partial charge < -0.3 is 4.90 Å². The Morgan fingerprint density at radius 2 is 1.61 bits per heavy atom. The predicted octanol–water partition coefficient (Wildman–Crippen LogP) is 5.24. The molecule has 0 amide bonds. The highest BCUT2D eigenvalue weighted by Gasteiger charge is 2.58. The second kappa shape index (κ2) is 7.67. The van der Waals surface area contributed by atoms with Gasteiger partial charge in [0.1, 0.15) is 12.1 Å². The number of nitrogens with zero attached hydrogens (tertiary/aromatic N) is 2. The Kier molecular flexibility index (Phi) is 4.83. The normalized spacial score (nSPS) is 23.8. The van der Waals surface area contributed by atoms with Crippen LogP contribution in [0.3, 0.4) is 0 Å². The lowest BCUT2D eigenvalue weighted by atomic mass is 9.84. The van der Waals surface area contributed by atoms with E-state index in [-0.39, 0.29) is 10.7 Å². The molecule has 1 saturated heterocycles. The molecule has 0 N–H and O–H groups in total. The molecule has 0 saturated carbocycles. The second-order valence-electron chi connectivity index (χ2n) is 7.84. The monoisotopic (exact) mass is 430 g/mol. The highest BCUT2D eigenvalue weighted by atomic mass is 35.5. The maximum Gasteiger partial charge on any atom is 0.245 e. The van der Waals surface area contributed by atoms with Crippen molar-refractivity contribution in [3.8, 4) is 0 Å². The van der Waals surface area contributed by atoms with E-state index in [4.69, 9.17) is 11.6 Å². The van der Waals surface area contributed by atoms with Gasteiger partial charge in [-0.05, 0) is 29.3 Å². The van der Waals surface area contributed by atoms with Crippen LogP contribution >= 0.6 is 11.6 Å². The van der Waals surface area contributed by atoms with Crippen LogP contribution in [-0.4, -0.2) is 28.8 Å². The number of nitro groups is 1. The molecular formula is C25H19ClN2O3. The number of rotatable bonds is 4. The number of hydrogen-bond donors (Lipinski definition) is 0. The largest absolute Gasteiger partial charge is 0.346 e. The number of ketones is 1. The molecule has 0 unspecified atom stereocenters. The molecule has 2 aliphatic heterocycles. The lowest BCUT2D eigenvalue weighted by Gasteiger charge is -2.34. The molecule has 3 aromatic carbocycles. The van der Waals surface area contributed by atoms with Crippen LogP contribution in [0.2, 0.25) is 5.02 Å². The van der Waals surface area contributed by atoms with Gasteiger partial charge in [0.25, 0.3) is 0 Å². The number of carbonyl (C=O) groups excluding carboxylic acids is 1. The van der Waals surface area contributed by atoms with Crippen molar-refractivity contribution in [1.82, 2.24) is 0 Å². The van der Waals surface area contributed by atoms with Gasteiger partial charge in [0.05, 0.1) is 5.92 Å². The number of para-hydroxylation sites is 1. The highest BCUT2D eigenvalue weighted by molar-refractivity contribution is 6.30. The first-order chi connectivity index (χ1) is 15.1. The zero-order valence-electron chi connectivity index (χ0n) is 16.5. The first-order valence-electron chi connectivity index (χ1n) is 10.1. The molecule has 5 nitrogen and oxygen atoms in total. The van der Waals surface area contributed by atoms with Gasteiger partial charge >= 0.3 is 0 Å². The molecule has 2 aliphatic rings. The lowest BCUT2D eigenvalue weighted by Crippen LogP contribution is -2.44. The zero-order chi connectivity index (χ0) is 21.5. The van der Waals surface area contributed by atoms with E-state index in [1.165, 1.54) is 0 Å². The third-order valence-electron chi connectivity index (χ3n) is 6.19.